The Morgan fingerprint density at radius 3 is 2.64 bits per heavy atom. The van der Waals surface area contributed by atoms with Crippen molar-refractivity contribution in [3.05, 3.63) is 66.1 Å². The van der Waals surface area contributed by atoms with Crippen molar-refractivity contribution < 1.29 is 9.32 Å². The minimum absolute atomic E-state index is 0.166. The summed E-state index contributed by atoms with van der Waals surface area (Å²) in [5.74, 6) is 0.639. The first-order chi connectivity index (χ1) is 10.8. The molecular formula is C17H11N3O2. The van der Waals surface area contributed by atoms with Crippen LogP contribution in [0.25, 0.3) is 23.0 Å². The van der Waals surface area contributed by atoms with Crippen molar-refractivity contribution in [3.63, 3.8) is 0 Å². The molecule has 5 nitrogen and oxygen atoms in total. The van der Waals surface area contributed by atoms with Gasteiger partial charge in [-0.15, -0.1) is 0 Å². The lowest BCUT2D eigenvalue weighted by Gasteiger charge is -1.94. The van der Waals surface area contributed by atoms with E-state index in [1.807, 2.05) is 54.6 Å². The topological polar surface area (TPSA) is 68.0 Å². The average molecular weight is 289 g/mol. The van der Waals surface area contributed by atoms with Gasteiger partial charge in [0.15, 0.2) is 0 Å². The Morgan fingerprint density at radius 2 is 1.77 bits per heavy atom. The van der Waals surface area contributed by atoms with E-state index in [-0.39, 0.29) is 5.91 Å². The number of benzene rings is 2. The van der Waals surface area contributed by atoms with Crippen LogP contribution in [0.1, 0.15) is 11.5 Å². The molecule has 2 heterocycles. The van der Waals surface area contributed by atoms with Crippen LogP contribution in [0.15, 0.2) is 59.1 Å². The fourth-order valence-corrected chi connectivity index (χ4v) is 2.40. The van der Waals surface area contributed by atoms with Crippen LogP contribution in [0.2, 0.25) is 0 Å². The van der Waals surface area contributed by atoms with Crippen molar-refractivity contribution in [1.82, 2.24) is 10.1 Å². The summed E-state index contributed by atoms with van der Waals surface area (Å²) in [4.78, 5) is 16.4. The molecule has 106 valence electrons. The molecule has 1 amide bonds. The summed E-state index contributed by atoms with van der Waals surface area (Å²) >= 11 is 0. The summed E-state index contributed by atoms with van der Waals surface area (Å²) in [5.41, 5.74) is 3.03. The highest BCUT2D eigenvalue weighted by atomic mass is 16.5. The second-order valence-electron chi connectivity index (χ2n) is 4.88. The molecule has 5 heteroatoms. The molecule has 4 rings (SSSR count). The summed E-state index contributed by atoms with van der Waals surface area (Å²) in [6, 6.07) is 17.0. The van der Waals surface area contributed by atoms with Gasteiger partial charge in [0.2, 0.25) is 5.82 Å². The average Bonchev–Trinajstić information content (AvgIpc) is 3.14. The lowest BCUT2D eigenvalue weighted by Crippen LogP contribution is -2.03. The Morgan fingerprint density at radius 1 is 1.00 bits per heavy atom. The van der Waals surface area contributed by atoms with Gasteiger partial charge in [-0.25, -0.2) is 0 Å². The first kappa shape index (κ1) is 12.5. The molecule has 1 N–H and O–H groups in total. The molecule has 0 radical (unpaired) electrons. The fraction of sp³-hybridized carbons (Fsp3) is 0. The zero-order chi connectivity index (χ0) is 14.9. The second kappa shape index (κ2) is 4.96. The van der Waals surface area contributed by atoms with Crippen LogP contribution in [0, 0.1) is 0 Å². The van der Waals surface area contributed by atoms with Gasteiger partial charge in [-0.2, -0.15) is 4.98 Å². The van der Waals surface area contributed by atoms with E-state index in [2.05, 4.69) is 15.5 Å². The third kappa shape index (κ3) is 2.09. The number of fused-ring (bicyclic) bond motifs is 1. The Balaban J connectivity index is 1.72. The maximum absolute atomic E-state index is 12.0. The van der Waals surface area contributed by atoms with Crippen LogP contribution in [0.5, 0.6) is 0 Å². The van der Waals surface area contributed by atoms with Crippen molar-refractivity contribution >= 4 is 23.2 Å². The lowest BCUT2D eigenvalue weighted by atomic mass is 10.1. The molecule has 1 aliphatic heterocycles. The Hall–Kier alpha value is -3.21. The molecule has 0 bridgehead atoms. The molecular weight excluding hydrogens is 278 g/mol. The Kier molecular flexibility index (Phi) is 2.83. The van der Waals surface area contributed by atoms with Gasteiger partial charge < -0.3 is 9.84 Å². The quantitative estimate of drug-likeness (QED) is 0.735. The van der Waals surface area contributed by atoms with Crippen molar-refractivity contribution in [2.45, 2.75) is 0 Å². The summed E-state index contributed by atoms with van der Waals surface area (Å²) in [6.07, 6.45) is 1.61. The van der Waals surface area contributed by atoms with E-state index in [0.717, 1.165) is 16.8 Å². The molecule has 0 fully saturated rings. The largest absolute Gasteiger partial charge is 0.334 e. The molecule has 22 heavy (non-hydrogen) atoms. The van der Waals surface area contributed by atoms with Gasteiger partial charge in [-0.3, -0.25) is 4.79 Å². The number of para-hydroxylation sites is 1. The van der Waals surface area contributed by atoms with Crippen molar-refractivity contribution in [3.8, 4) is 11.4 Å². The molecule has 0 saturated carbocycles. The number of hydrogen-bond acceptors (Lipinski definition) is 4. The van der Waals surface area contributed by atoms with Crippen molar-refractivity contribution in [1.29, 1.82) is 0 Å². The van der Waals surface area contributed by atoms with Gasteiger partial charge in [-0.05, 0) is 6.07 Å². The van der Waals surface area contributed by atoms with Crippen LogP contribution in [0.4, 0.5) is 5.69 Å². The number of anilines is 1. The van der Waals surface area contributed by atoms with Gasteiger partial charge >= 0.3 is 0 Å². The second-order valence-corrected chi connectivity index (χ2v) is 4.88. The predicted molar refractivity (Wildman–Crippen MR) is 82.7 cm³/mol. The normalized spacial score (nSPS) is 14.9. The maximum Gasteiger partial charge on any atom is 0.256 e. The van der Waals surface area contributed by atoms with Crippen LogP contribution in [-0.4, -0.2) is 16.0 Å². The monoisotopic (exact) mass is 289 g/mol. The van der Waals surface area contributed by atoms with Crippen LogP contribution in [0.3, 0.4) is 0 Å². The first-order valence-electron chi connectivity index (χ1n) is 6.83. The molecule has 2 aromatic carbocycles. The van der Waals surface area contributed by atoms with Crippen molar-refractivity contribution in [2.75, 3.05) is 5.32 Å². The SMILES string of the molecule is O=C1Nc2ccccc2/C1=C/c1nc(-c2ccccc2)no1. The van der Waals surface area contributed by atoms with Crippen molar-refractivity contribution in [2.24, 2.45) is 0 Å². The molecule has 0 saturated heterocycles. The molecule has 0 spiro atoms. The summed E-state index contributed by atoms with van der Waals surface area (Å²) < 4.78 is 5.23. The Bertz CT molecular complexity index is 882. The standard InChI is InChI=1S/C17H11N3O2/c21-17-13(12-8-4-5-9-14(12)18-17)10-15-19-16(20-22-15)11-6-2-1-3-7-11/h1-10H,(H,18,21)/b13-10-. The smallest absolute Gasteiger partial charge is 0.256 e. The zero-order valence-corrected chi connectivity index (χ0v) is 11.5. The molecule has 3 aromatic rings. The lowest BCUT2D eigenvalue weighted by molar-refractivity contribution is -0.110. The third-order valence-electron chi connectivity index (χ3n) is 3.45. The van der Waals surface area contributed by atoms with E-state index in [9.17, 15) is 4.79 Å². The predicted octanol–water partition coefficient (Wildman–Crippen LogP) is 3.23. The van der Waals surface area contributed by atoms with Crippen LogP contribution in [-0.2, 0) is 4.79 Å². The molecule has 1 aromatic heterocycles. The van der Waals surface area contributed by atoms with Gasteiger partial charge in [-0.1, -0.05) is 53.7 Å². The highest BCUT2D eigenvalue weighted by molar-refractivity contribution is 6.34. The number of rotatable bonds is 2. The van der Waals surface area contributed by atoms with E-state index < -0.39 is 0 Å². The van der Waals surface area contributed by atoms with Gasteiger partial charge in [0.25, 0.3) is 11.8 Å². The summed E-state index contributed by atoms with van der Waals surface area (Å²) in [7, 11) is 0. The number of hydrogen-bond donors (Lipinski definition) is 1. The number of carbonyl (C=O) groups is 1. The summed E-state index contributed by atoms with van der Waals surface area (Å²) in [6.45, 7) is 0. The molecule has 0 unspecified atom stereocenters. The fourth-order valence-electron chi connectivity index (χ4n) is 2.40. The summed E-state index contributed by atoms with van der Waals surface area (Å²) in [5, 5.41) is 6.76. The highest BCUT2D eigenvalue weighted by Crippen LogP contribution is 2.32. The minimum atomic E-state index is -0.166. The number of carbonyl (C=O) groups excluding carboxylic acids is 1. The van der Waals surface area contributed by atoms with E-state index >= 15 is 0 Å². The Labute approximate surface area is 126 Å². The number of nitrogens with one attached hydrogen (secondary N) is 1. The molecule has 0 aliphatic carbocycles. The van der Waals surface area contributed by atoms with Crippen LogP contribution < -0.4 is 5.32 Å². The number of aromatic nitrogens is 2. The third-order valence-corrected chi connectivity index (χ3v) is 3.45. The van der Waals surface area contributed by atoms with E-state index in [0.29, 0.717) is 17.3 Å². The van der Waals surface area contributed by atoms with Gasteiger partial charge in [0, 0.05) is 22.9 Å². The number of nitrogens with zero attached hydrogens (tertiary/aromatic N) is 2. The molecule has 1 aliphatic rings. The minimum Gasteiger partial charge on any atom is -0.334 e. The zero-order valence-electron chi connectivity index (χ0n) is 11.5. The van der Waals surface area contributed by atoms with Gasteiger partial charge in [0.1, 0.15) is 0 Å². The van der Waals surface area contributed by atoms with E-state index in [1.165, 1.54) is 0 Å². The van der Waals surface area contributed by atoms with Gasteiger partial charge in [0.05, 0.1) is 5.57 Å². The van der Waals surface area contributed by atoms with Crippen LogP contribution >= 0.6 is 0 Å². The van der Waals surface area contributed by atoms with E-state index in [1.54, 1.807) is 6.08 Å². The molecule has 0 atom stereocenters. The first-order valence-corrected chi connectivity index (χ1v) is 6.83. The highest BCUT2D eigenvalue weighted by Gasteiger charge is 2.24. The maximum atomic E-state index is 12.0. The van der Waals surface area contributed by atoms with E-state index in [4.69, 9.17) is 4.52 Å². The number of amides is 1.